The molecule has 0 fully saturated rings. The Balaban J connectivity index is 0.00000156. The lowest BCUT2D eigenvalue weighted by Crippen LogP contribution is -2.15. The van der Waals surface area contributed by atoms with Crippen molar-refractivity contribution < 1.29 is 4.74 Å². The van der Waals surface area contributed by atoms with Crippen LogP contribution in [0.3, 0.4) is 0 Å². The van der Waals surface area contributed by atoms with Crippen molar-refractivity contribution in [3.8, 4) is 17.1 Å². The average Bonchev–Trinajstić information content (AvgIpc) is 2.93. The molecule has 136 valence electrons. The molecule has 2 aromatic heterocycles. The monoisotopic (exact) mass is 382 g/mol. The molecule has 25 heavy (non-hydrogen) atoms. The fourth-order valence-corrected chi connectivity index (χ4v) is 2.68. The summed E-state index contributed by atoms with van der Waals surface area (Å²) in [6.45, 7) is 1.93. The Hall–Kier alpha value is -1.82. The normalized spacial score (nSPS) is 10.4. The van der Waals surface area contributed by atoms with E-state index in [1.165, 1.54) is 0 Å². The molecular formula is C18H24Cl2N4O. The first kappa shape index (κ1) is 21.2. The Bertz CT molecular complexity index is 787. The van der Waals surface area contributed by atoms with Gasteiger partial charge in [0.25, 0.3) is 0 Å². The Morgan fingerprint density at radius 2 is 1.80 bits per heavy atom. The van der Waals surface area contributed by atoms with E-state index in [4.69, 9.17) is 9.72 Å². The lowest BCUT2D eigenvalue weighted by atomic mass is 10.2. The van der Waals surface area contributed by atoms with Crippen LogP contribution in [0.1, 0.15) is 6.42 Å². The molecular weight excluding hydrogens is 359 g/mol. The zero-order valence-electron chi connectivity index (χ0n) is 14.7. The first-order valence-corrected chi connectivity index (χ1v) is 7.79. The number of hydrogen-bond acceptors (Lipinski definition) is 4. The van der Waals surface area contributed by atoms with Gasteiger partial charge >= 0.3 is 0 Å². The highest BCUT2D eigenvalue weighted by Gasteiger charge is 2.13. The van der Waals surface area contributed by atoms with Crippen molar-refractivity contribution in [1.29, 1.82) is 0 Å². The summed E-state index contributed by atoms with van der Waals surface area (Å²) in [6, 6.07) is 12.0. The number of hydrogen-bond donors (Lipinski definition) is 0. The zero-order valence-corrected chi connectivity index (χ0v) is 16.3. The van der Waals surface area contributed by atoms with Crippen LogP contribution in [0.4, 0.5) is 0 Å². The number of aryl methyl sites for hydroxylation is 1. The Labute approximate surface area is 160 Å². The summed E-state index contributed by atoms with van der Waals surface area (Å²) >= 11 is 0. The van der Waals surface area contributed by atoms with E-state index in [1.54, 1.807) is 7.11 Å². The van der Waals surface area contributed by atoms with Crippen molar-refractivity contribution in [2.75, 3.05) is 27.7 Å². The maximum Gasteiger partial charge on any atom is 0.160 e. The third-order valence-corrected chi connectivity index (χ3v) is 3.84. The molecule has 3 rings (SSSR count). The summed E-state index contributed by atoms with van der Waals surface area (Å²) < 4.78 is 7.45. The zero-order chi connectivity index (χ0) is 16.2. The van der Waals surface area contributed by atoms with Crippen LogP contribution in [0.15, 0.2) is 42.6 Å². The summed E-state index contributed by atoms with van der Waals surface area (Å²) in [5.74, 6) is 1.81. The van der Waals surface area contributed by atoms with Gasteiger partial charge in [-0.1, -0.05) is 0 Å². The highest BCUT2D eigenvalue weighted by molar-refractivity contribution is 5.85. The summed E-state index contributed by atoms with van der Waals surface area (Å²) in [5, 5.41) is 0. The molecule has 0 radical (unpaired) electrons. The SMILES string of the molecule is COc1ccc(-c2nc3cccnc3n2CCCN(C)C)cc1.Cl.Cl. The molecule has 0 N–H and O–H groups in total. The molecule has 1 aromatic carbocycles. The summed E-state index contributed by atoms with van der Waals surface area (Å²) in [6.07, 6.45) is 2.88. The van der Waals surface area contributed by atoms with Gasteiger partial charge in [-0.05, 0) is 63.5 Å². The van der Waals surface area contributed by atoms with Gasteiger partial charge in [-0.3, -0.25) is 0 Å². The number of ether oxygens (including phenoxy) is 1. The molecule has 0 saturated carbocycles. The molecule has 7 heteroatoms. The third kappa shape index (κ3) is 4.84. The average molecular weight is 383 g/mol. The minimum Gasteiger partial charge on any atom is -0.497 e. The van der Waals surface area contributed by atoms with Crippen LogP contribution in [-0.4, -0.2) is 47.2 Å². The molecule has 3 aromatic rings. The smallest absolute Gasteiger partial charge is 0.160 e. The molecule has 0 saturated heterocycles. The number of imidazole rings is 1. The van der Waals surface area contributed by atoms with Crippen LogP contribution in [0, 0.1) is 0 Å². The number of aromatic nitrogens is 3. The minimum absolute atomic E-state index is 0. The van der Waals surface area contributed by atoms with E-state index >= 15 is 0 Å². The van der Waals surface area contributed by atoms with E-state index < -0.39 is 0 Å². The Kier molecular flexibility index (Phi) is 8.16. The van der Waals surface area contributed by atoms with Crippen molar-refractivity contribution in [2.45, 2.75) is 13.0 Å². The molecule has 0 unspecified atom stereocenters. The maximum atomic E-state index is 5.24. The molecule has 0 bridgehead atoms. The predicted molar refractivity (Wildman–Crippen MR) is 107 cm³/mol. The van der Waals surface area contributed by atoms with E-state index in [0.717, 1.165) is 47.8 Å². The van der Waals surface area contributed by atoms with Gasteiger partial charge < -0.3 is 14.2 Å². The van der Waals surface area contributed by atoms with Gasteiger partial charge in [-0.2, -0.15) is 0 Å². The van der Waals surface area contributed by atoms with Crippen molar-refractivity contribution in [2.24, 2.45) is 0 Å². The number of benzene rings is 1. The second-order valence-electron chi connectivity index (χ2n) is 5.82. The van der Waals surface area contributed by atoms with Crippen LogP contribution in [0.2, 0.25) is 0 Å². The van der Waals surface area contributed by atoms with Crippen LogP contribution in [0.5, 0.6) is 5.75 Å². The lowest BCUT2D eigenvalue weighted by molar-refractivity contribution is 0.388. The third-order valence-electron chi connectivity index (χ3n) is 3.84. The number of pyridine rings is 1. The summed E-state index contributed by atoms with van der Waals surface area (Å²) in [5.41, 5.74) is 2.95. The summed E-state index contributed by atoms with van der Waals surface area (Å²) in [4.78, 5) is 11.5. The first-order valence-electron chi connectivity index (χ1n) is 7.79. The Morgan fingerprint density at radius 3 is 2.44 bits per heavy atom. The molecule has 0 aliphatic carbocycles. The number of fused-ring (bicyclic) bond motifs is 1. The van der Waals surface area contributed by atoms with Crippen LogP contribution in [0.25, 0.3) is 22.6 Å². The minimum atomic E-state index is 0. The Morgan fingerprint density at radius 1 is 1.08 bits per heavy atom. The van der Waals surface area contributed by atoms with E-state index in [0.29, 0.717) is 0 Å². The number of rotatable bonds is 6. The van der Waals surface area contributed by atoms with E-state index in [1.807, 2.05) is 42.6 Å². The van der Waals surface area contributed by atoms with Gasteiger partial charge in [-0.15, -0.1) is 24.8 Å². The van der Waals surface area contributed by atoms with Gasteiger partial charge in [0.1, 0.15) is 17.1 Å². The van der Waals surface area contributed by atoms with Gasteiger partial charge in [0, 0.05) is 18.3 Å². The predicted octanol–water partition coefficient (Wildman–Crippen LogP) is 3.90. The standard InChI is InChI=1S/C18H22N4O.2ClH/c1-21(2)12-5-13-22-17(14-7-9-15(23-3)10-8-14)20-16-6-4-11-19-18(16)22;;/h4,6-11H,5,12-13H2,1-3H3;2*1H. The van der Waals surface area contributed by atoms with Crippen molar-refractivity contribution in [3.05, 3.63) is 42.6 Å². The number of halogens is 2. The van der Waals surface area contributed by atoms with Crippen LogP contribution >= 0.6 is 24.8 Å². The fraction of sp³-hybridized carbons (Fsp3) is 0.333. The second-order valence-corrected chi connectivity index (χ2v) is 5.82. The number of methoxy groups -OCH3 is 1. The fourth-order valence-electron chi connectivity index (χ4n) is 2.68. The highest BCUT2D eigenvalue weighted by atomic mass is 35.5. The highest BCUT2D eigenvalue weighted by Crippen LogP contribution is 2.25. The molecule has 0 atom stereocenters. The van der Waals surface area contributed by atoms with E-state index in [9.17, 15) is 0 Å². The van der Waals surface area contributed by atoms with Gasteiger partial charge in [0.2, 0.25) is 0 Å². The molecule has 0 spiro atoms. The molecule has 0 aliphatic heterocycles. The topological polar surface area (TPSA) is 43.2 Å². The van der Waals surface area contributed by atoms with Crippen LogP contribution in [-0.2, 0) is 6.54 Å². The van der Waals surface area contributed by atoms with Crippen molar-refractivity contribution in [1.82, 2.24) is 19.4 Å². The quantitative estimate of drug-likeness (QED) is 0.648. The van der Waals surface area contributed by atoms with Gasteiger partial charge in [-0.25, -0.2) is 9.97 Å². The molecule has 0 aliphatic rings. The van der Waals surface area contributed by atoms with E-state index in [2.05, 4.69) is 28.5 Å². The second kappa shape index (κ2) is 9.61. The van der Waals surface area contributed by atoms with Crippen LogP contribution < -0.4 is 4.74 Å². The molecule has 5 nitrogen and oxygen atoms in total. The van der Waals surface area contributed by atoms with Gasteiger partial charge in [0.15, 0.2) is 5.65 Å². The largest absolute Gasteiger partial charge is 0.497 e. The number of nitrogens with zero attached hydrogens (tertiary/aromatic N) is 4. The summed E-state index contributed by atoms with van der Waals surface area (Å²) in [7, 11) is 5.86. The lowest BCUT2D eigenvalue weighted by Gasteiger charge is -2.12. The first-order chi connectivity index (χ1) is 11.2. The van der Waals surface area contributed by atoms with Gasteiger partial charge in [0.05, 0.1) is 7.11 Å². The molecule has 2 heterocycles. The van der Waals surface area contributed by atoms with Crippen molar-refractivity contribution in [3.63, 3.8) is 0 Å². The molecule has 0 amide bonds. The van der Waals surface area contributed by atoms with E-state index in [-0.39, 0.29) is 24.8 Å². The maximum absolute atomic E-state index is 5.24. The van der Waals surface area contributed by atoms with Crippen molar-refractivity contribution >= 4 is 36.0 Å².